The van der Waals surface area contributed by atoms with Gasteiger partial charge in [0.05, 0.1) is 5.60 Å². The predicted octanol–water partition coefficient (Wildman–Crippen LogP) is 3.17. The molecule has 2 aliphatic heterocycles. The Labute approximate surface area is 133 Å². The van der Waals surface area contributed by atoms with Crippen LogP contribution in [0.25, 0.3) is 0 Å². The molecule has 3 aliphatic carbocycles. The average Bonchev–Trinajstić information content (AvgIpc) is 2.88. The molecule has 1 spiro atoms. The lowest BCUT2D eigenvalue weighted by atomic mass is 9.78. The fourth-order valence-electron chi connectivity index (χ4n) is 6.85. The van der Waals surface area contributed by atoms with Gasteiger partial charge in [0.1, 0.15) is 0 Å². The Morgan fingerprint density at radius 1 is 1.19 bits per heavy atom. The van der Waals surface area contributed by atoms with Gasteiger partial charge in [-0.1, -0.05) is 0 Å². The minimum Gasteiger partial charge on any atom is -0.374 e. The van der Waals surface area contributed by atoms with Crippen molar-refractivity contribution in [1.82, 2.24) is 5.32 Å². The molecule has 1 N–H and O–H groups in total. The Bertz CT molecular complexity index is 405. The van der Waals surface area contributed by atoms with Crippen LogP contribution in [0.3, 0.4) is 0 Å². The van der Waals surface area contributed by atoms with Crippen LogP contribution in [0, 0.1) is 35.5 Å². The highest BCUT2D eigenvalue weighted by Crippen LogP contribution is 2.71. The molecular weight excluding hydrogens is 278 g/mol. The lowest BCUT2D eigenvalue weighted by Gasteiger charge is -2.41. The van der Waals surface area contributed by atoms with Gasteiger partial charge in [-0.15, -0.1) is 0 Å². The summed E-state index contributed by atoms with van der Waals surface area (Å²) in [5.74, 6) is 8.90. The SMILES string of the molecule is CNC(C1CCOC2(CCSC2)C1)C1C2C3CCC(C3)C21. The number of ether oxygens (including phenoxy) is 1. The molecule has 2 bridgehead atoms. The van der Waals surface area contributed by atoms with Crippen molar-refractivity contribution < 1.29 is 4.74 Å². The summed E-state index contributed by atoms with van der Waals surface area (Å²) < 4.78 is 6.25. The summed E-state index contributed by atoms with van der Waals surface area (Å²) in [4.78, 5) is 0. The summed E-state index contributed by atoms with van der Waals surface area (Å²) in [5, 5.41) is 3.78. The van der Waals surface area contributed by atoms with Crippen molar-refractivity contribution >= 4 is 11.8 Å². The fraction of sp³-hybridized carbons (Fsp3) is 1.00. The zero-order valence-electron chi connectivity index (χ0n) is 13.2. The highest BCUT2D eigenvalue weighted by Gasteiger charge is 2.67. The molecule has 2 nitrogen and oxygen atoms in total. The summed E-state index contributed by atoms with van der Waals surface area (Å²) in [6, 6.07) is 0.787. The molecule has 0 aromatic rings. The van der Waals surface area contributed by atoms with Crippen LogP contribution < -0.4 is 5.32 Å². The molecule has 0 aromatic carbocycles. The normalized spacial score (nSPS) is 55.9. The van der Waals surface area contributed by atoms with E-state index in [0.717, 1.165) is 48.2 Å². The zero-order valence-corrected chi connectivity index (χ0v) is 14.0. The fourth-order valence-corrected chi connectivity index (χ4v) is 8.23. The lowest BCUT2D eigenvalue weighted by molar-refractivity contribution is -0.0867. The second-order valence-corrected chi connectivity index (χ2v) is 9.57. The van der Waals surface area contributed by atoms with E-state index in [1.165, 1.54) is 30.8 Å². The monoisotopic (exact) mass is 307 g/mol. The minimum absolute atomic E-state index is 0.256. The molecule has 118 valence electrons. The lowest BCUT2D eigenvalue weighted by Crippen LogP contribution is -2.47. The third kappa shape index (κ3) is 1.99. The Morgan fingerprint density at radius 3 is 2.67 bits per heavy atom. The quantitative estimate of drug-likeness (QED) is 0.865. The molecule has 0 aromatic heterocycles. The Hall–Kier alpha value is 0.270. The first-order valence-electron chi connectivity index (χ1n) is 9.20. The van der Waals surface area contributed by atoms with Crippen molar-refractivity contribution in [3.8, 4) is 0 Å². The van der Waals surface area contributed by atoms with Crippen molar-refractivity contribution in [1.29, 1.82) is 0 Å². The molecule has 0 amide bonds. The van der Waals surface area contributed by atoms with Gasteiger partial charge < -0.3 is 10.1 Å². The first-order chi connectivity index (χ1) is 10.3. The molecule has 21 heavy (non-hydrogen) atoms. The predicted molar refractivity (Wildman–Crippen MR) is 87.5 cm³/mol. The molecular formula is C18H29NOS. The van der Waals surface area contributed by atoms with Crippen LogP contribution in [0.2, 0.25) is 0 Å². The van der Waals surface area contributed by atoms with E-state index in [2.05, 4.69) is 24.1 Å². The zero-order chi connectivity index (χ0) is 14.0. The van der Waals surface area contributed by atoms with E-state index >= 15 is 0 Å². The van der Waals surface area contributed by atoms with Crippen molar-refractivity contribution in [2.24, 2.45) is 35.5 Å². The maximum Gasteiger partial charge on any atom is 0.0783 e. The Kier molecular flexibility index (Phi) is 3.18. The van der Waals surface area contributed by atoms with E-state index in [4.69, 9.17) is 4.74 Å². The molecule has 2 heterocycles. The smallest absolute Gasteiger partial charge is 0.0783 e. The van der Waals surface area contributed by atoms with Gasteiger partial charge in [-0.2, -0.15) is 11.8 Å². The van der Waals surface area contributed by atoms with Crippen LogP contribution in [0.1, 0.15) is 38.5 Å². The largest absolute Gasteiger partial charge is 0.374 e. The summed E-state index contributed by atoms with van der Waals surface area (Å²) >= 11 is 2.11. The molecule has 5 fully saturated rings. The van der Waals surface area contributed by atoms with E-state index in [1.807, 2.05) is 0 Å². The summed E-state index contributed by atoms with van der Waals surface area (Å²) in [6.45, 7) is 1.01. The number of hydrogen-bond acceptors (Lipinski definition) is 3. The molecule has 3 saturated carbocycles. The van der Waals surface area contributed by atoms with E-state index in [1.54, 1.807) is 19.3 Å². The van der Waals surface area contributed by atoms with Gasteiger partial charge in [0, 0.05) is 18.4 Å². The van der Waals surface area contributed by atoms with E-state index < -0.39 is 0 Å². The van der Waals surface area contributed by atoms with Gasteiger partial charge in [-0.05, 0) is 86.8 Å². The van der Waals surface area contributed by atoms with Crippen LogP contribution in [0.4, 0.5) is 0 Å². The highest BCUT2D eigenvalue weighted by molar-refractivity contribution is 7.99. The first kappa shape index (κ1) is 13.7. The molecule has 7 unspecified atom stereocenters. The van der Waals surface area contributed by atoms with Gasteiger partial charge in [-0.3, -0.25) is 0 Å². The number of hydrogen-bond donors (Lipinski definition) is 1. The standard InChI is InChI=1S/C18H29NOS/c1-19-17(16-14-11-2-3-12(8-11)15(14)16)13-4-6-20-18(9-13)5-7-21-10-18/h11-17,19H,2-10H2,1H3. The van der Waals surface area contributed by atoms with Crippen LogP contribution in [-0.2, 0) is 4.74 Å². The molecule has 5 aliphatic rings. The molecule has 0 radical (unpaired) electrons. The first-order valence-corrected chi connectivity index (χ1v) is 10.4. The van der Waals surface area contributed by atoms with Crippen molar-refractivity contribution in [3.63, 3.8) is 0 Å². The van der Waals surface area contributed by atoms with Crippen LogP contribution >= 0.6 is 11.8 Å². The molecule has 5 rings (SSSR count). The second kappa shape index (κ2) is 4.88. The number of thioether (sulfide) groups is 1. The molecule has 2 saturated heterocycles. The van der Waals surface area contributed by atoms with Gasteiger partial charge >= 0.3 is 0 Å². The van der Waals surface area contributed by atoms with Crippen molar-refractivity contribution in [3.05, 3.63) is 0 Å². The van der Waals surface area contributed by atoms with Gasteiger partial charge in [0.15, 0.2) is 0 Å². The third-order valence-electron chi connectivity index (χ3n) is 7.65. The van der Waals surface area contributed by atoms with Gasteiger partial charge in [0.2, 0.25) is 0 Å². The van der Waals surface area contributed by atoms with Crippen LogP contribution in [-0.4, -0.2) is 36.8 Å². The van der Waals surface area contributed by atoms with Crippen molar-refractivity contribution in [2.75, 3.05) is 25.2 Å². The van der Waals surface area contributed by atoms with E-state index in [9.17, 15) is 0 Å². The third-order valence-corrected chi connectivity index (χ3v) is 8.87. The van der Waals surface area contributed by atoms with E-state index in [-0.39, 0.29) is 5.60 Å². The number of rotatable bonds is 3. The highest BCUT2D eigenvalue weighted by atomic mass is 32.2. The van der Waals surface area contributed by atoms with Gasteiger partial charge in [-0.25, -0.2) is 0 Å². The summed E-state index contributed by atoms with van der Waals surface area (Å²) in [5.41, 5.74) is 0.256. The second-order valence-electron chi connectivity index (χ2n) is 8.47. The number of fused-ring (bicyclic) bond motifs is 5. The van der Waals surface area contributed by atoms with Gasteiger partial charge in [0.25, 0.3) is 0 Å². The minimum atomic E-state index is 0.256. The Balaban J connectivity index is 1.32. The maximum absolute atomic E-state index is 6.25. The number of nitrogens with one attached hydrogen (secondary N) is 1. The summed E-state index contributed by atoms with van der Waals surface area (Å²) in [6.07, 6.45) is 8.60. The molecule has 3 heteroatoms. The average molecular weight is 308 g/mol. The van der Waals surface area contributed by atoms with Crippen molar-refractivity contribution in [2.45, 2.75) is 50.2 Å². The maximum atomic E-state index is 6.25. The van der Waals surface area contributed by atoms with Crippen LogP contribution in [0.15, 0.2) is 0 Å². The topological polar surface area (TPSA) is 21.3 Å². The van der Waals surface area contributed by atoms with E-state index in [0.29, 0.717) is 0 Å². The molecule has 7 atom stereocenters. The Morgan fingerprint density at radius 2 is 2.00 bits per heavy atom. The summed E-state index contributed by atoms with van der Waals surface area (Å²) in [7, 11) is 2.23. The van der Waals surface area contributed by atoms with Crippen LogP contribution in [0.5, 0.6) is 0 Å².